The van der Waals surface area contributed by atoms with E-state index in [-0.39, 0.29) is 0 Å². The SMILES string of the molecule is CCCCC(CCC)n1cncc1C1CCCN1. The van der Waals surface area contributed by atoms with Crippen molar-refractivity contribution in [2.75, 3.05) is 6.54 Å². The van der Waals surface area contributed by atoms with Gasteiger partial charge in [0.15, 0.2) is 0 Å². The van der Waals surface area contributed by atoms with E-state index in [9.17, 15) is 0 Å². The highest BCUT2D eigenvalue weighted by atomic mass is 15.1. The smallest absolute Gasteiger partial charge is 0.0951 e. The van der Waals surface area contributed by atoms with Gasteiger partial charge in [0.25, 0.3) is 0 Å². The van der Waals surface area contributed by atoms with Gasteiger partial charge in [-0.3, -0.25) is 0 Å². The molecule has 0 spiro atoms. The molecular weight excluding hydrogens is 222 g/mol. The van der Waals surface area contributed by atoms with Crippen LogP contribution in [0.4, 0.5) is 0 Å². The van der Waals surface area contributed by atoms with E-state index >= 15 is 0 Å². The number of nitrogens with one attached hydrogen (secondary N) is 1. The third kappa shape index (κ3) is 3.14. The minimum Gasteiger partial charge on any atom is -0.330 e. The predicted molar refractivity (Wildman–Crippen MR) is 75.7 cm³/mol. The summed E-state index contributed by atoms with van der Waals surface area (Å²) in [4.78, 5) is 4.40. The molecule has 2 atom stereocenters. The molecule has 2 rings (SSSR count). The second-order valence-electron chi connectivity index (χ2n) is 5.46. The van der Waals surface area contributed by atoms with Crippen molar-refractivity contribution < 1.29 is 0 Å². The highest BCUT2D eigenvalue weighted by Crippen LogP contribution is 2.29. The van der Waals surface area contributed by atoms with Crippen LogP contribution in [0.15, 0.2) is 12.5 Å². The molecule has 1 aromatic heterocycles. The van der Waals surface area contributed by atoms with Crippen molar-refractivity contribution in [2.45, 2.75) is 70.9 Å². The van der Waals surface area contributed by atoms with E-state index in [1.807, 2.05) is 6.33 Å². The maximum atomic E-state index is 4.40. The number of rotatable bonds is 7. The Morgan fingerprint density at radius 1 is 1.39 bits per heavy atom. The van der Waals surface area contributed by atoms with Crippen LogP contribution < -0.4 is 5.32 Å². The highest BCUT2D eigenvalue weighted by molar-refractivity contribution is 5.08. The summed E-state index contributed by atoms with van der Waals surface area (Å²) >= 11 is 0. The Morgan fingerprint density at radius 2 is 2.28 bits per heavy atom. The number of imidazole rings is 1. The lowest BCUT2D eigenvalue weighted by molar-refractivity contribution is 0.395. The standard InChI is InChI=1S/C15H27N3/c1-3-5-8-13(7-4-2)18-12-16-11-15(18)14-9-6-10-17-14/h11-14,17H,3-10H2,1-2H3. The Hall–Kier alpha value is -0.830. The summed E-state index contributed by atoms with van der Waals surface area (Å²) in [5, 5.41) is 3.59. The molecule has 0 aromatic carbocycles. The molecule has 3 heteroatoms. The fourth-order valence-electron chi connectivity index (χ4n) is 3.02. The van der Waals surface area contributed by atoms with Gasteiger partial charge in [0, 0.05) is 18.3 Å². The average Bonchev–Trinajstić information content (AvgIpc) is 3.03. The molecule has 3 nitrogen and oxygen atoms in total. The Labute approximate surface area is 111 Å². The number of aromatic nitrogens is 2. The quantitative estimate of drug-likeness (QED) is 0.795. The number of nitrogens with zero attached hydrogens (tertiary/aromatic N) is 2. The molecule has 0 aliphatic carbocycles. The molecular formula is C15H27N3. The predicted octanol–water partition coefficient (Wildman–Crippen LogP) is 3.84. The van der Waals surface area contributed by atoms with E-state index in [0.29, 0.717) is 12.1 Å². The maximum Gasteiger partial charge on any atom is 0.0951 e. The van der Waals surface area contributed by atoms with Crippen LogP contribution >= 0.6 is 0 Å². The summed E-state index contributed by atoms with van der Waals surface area (Å²) in [6, 6.07) is 1.18. The fourth-order valence-corrected chi connectivity index (χ4v) is 3.02. The lowest BCUT2D eigenvalue weighted by Gasteiger charge is -2.23. The second-order valence-corrected chi connectivity index (χ2v) is 5.46. The molecule has 0 radical (unpaired) electrons. The van der Waals surface area contributed by atoms with E-state index in [1.165, 1.54) is 50.6 Å². The van der Waals surface area contributed by atoms with Gasteiger partial charge in [-0.15, -0.1) is 0 Å². The van der Waals surface area contributed by atoms with E-state index in [0.717, 1.165) is 6.54 Å². The molecule has 1 saturated heterocycles. The fraction of sp³-hybridized carbons (Fsp3) is 0.800. The summed E-state index contributed by atoms with van der Waals surface area (Å²) in [5.41, 5.74) is 1.40. The summed E-state index contributed by atoms with van der Waals surface area (Å²) in [6.07, 6.45) is 13.1. The first-order valence-corrected chi connectivity index (χ1v) is 7.61. The third-order valence-corrected chi connectivity index (χ3v) is 4.02. The monoisotopic (exact) mass is 249 g/mol. The van der Waals surface area contributed by atoms with Gasteiger partial charge in [0.1, 0.15) is 0 Å². The second kappa shape index (κ2) is 6.93. The maximum absolute atomic E-state index is 4.40. The van der Waals surface area contributed by atoms with Crippen LogP contribution in [0.25, 0.3) is 0 Å². The van der Waals surface area contributed by atoms with Gasteiger partial charge in [0.2, 0.25) is 0 Å². The first-order chi connectivity index (χ1) is 8.86. The summed E-state index contributed by atoms with van der Waals surface area (Å²) < 4.78 is 2.45. The van der Waals surface area contributed by atoms with Crippen LogP contribution in [0.2, 0.25) is 0 Å². The van der Waals surface area contributed by atoms with Crippen molar-refractivity contribution in [1.29, 1.82) is 0 Å². The van der Waals surface area contributed by atoms with Gasteiger partial charge in [-0.25, -0.2) is 4.98 Å². The molecule has 1 aliphatic rings. The van der Waals surface area contributed by atoms with Crippen molar-refractivity contribution >= 4 is 0 Å². The van der Waals surface area contributed by atoms with Gasteiger partial charge in [0.05, 0.1) is 12.0 Å². The van der Waals surface area contributed by atoms with Crippen molar-refractivity contribution in [3.05, 3.63) is 18.2 Å². The summed E-state index contributed by atoms with van der Waals surface area (Å²) in [5.74, 6) is 0. The molecule has 1 aromatic rings. The van der Waals surface area contributed by atoms with Gasteiger partial charge >= 0.3 is 0 Å². The molecule has 2 unspecified atom stereocenters. The van der Waals surface area contributed by atoms with Crippen LogP contribution in [-0.4, -0.2) is 16.1 Å². The van der Waals surface area contributed by atoms with Crippen molar-refractivity contribution in [3.63, 3.8) is 0 Å². The lowest BCUT2D eigenvalue weighted by atomic mass is 10.0. The van der Waals surface area contributed by atoms with Crippen molar-refractivity contribution in [3.8, 4) is 0 Å². The van der Waals surface area contributed by atoms with Gasteiger partial charge in [-0.2, -0.15) is 0 Å². The topological polar surface area (TPSA) is 29.9 Å². The zero-order valence-corrected chi connectivity index (χ0v) is 11.9. The minimum absolute atomic E-state index is 0.536. The van der Waals surface area contributed by atoms with Crippen LogP contribution in [-0.2, 0) is 0 Å². The first kappa shape index (κ1) is 13.6. The molecule has 0 amide bonds. The first-order valence-electron chi connectivity index (χ1n) is 7.61. The van der Waals surface area contributed by atoms with E-state index in [1.54, 1.807) is 0 Å². The molecule has 18 heavy (non-hydrogen) atoms. The number of hydrogen-bond acceptors (Lipinski definition) is 2. The molecule has 1 N–H and O–H groups in total. The van der Waals surface area contributed by atoms with Crippen LogP contribution in [0.3, 0.4) is 0 Å². The molecule has 102 valence electrons. The lowest BCUT2D eigenvalue weighted by Crippen LogP contribution is -2.19. The van der Waals surface area contributed by atoms with E-state index in [2.05, 4.69) is 34.9 Å². The Balaban J connectivity index is 2.10. The zero-order chi connectivity index (χ0) is 12.8. The van der Waals surface area contributed by atoms with Crippen molar-refractivity contribution in [2.24, 2.45) is 0 Å². The van der Waals surface area contributed by atoms with Gasteiger partial charge in [-0.1, -0.05) is 33.1 Å². The van der Waals surface area contributed by atoms with Crippen LogP contribution in [0.1, 0.15) is 76.6 Å². The van der Waals surface area contributed by atoms with Crippen molar-refractivity contribution in [1.82, 2.24) is 14.9 Å². The van der Waals surface area contributed by atoms with Crippen LogP contribution in [0, 0.1) is 0 Å². The van der Waals surface area contributed by atoms with Gasteiger partial charge < -0.3 is 9.88 Å². The Bertz CT molecular complexity index is 339. The minimum atomic E-state index is 0.536. The Kier molecular flexibility index (Phi) is 5.24. The summed E-state index contributed by atoms with van der Waals surface area (Å²) in [6.45, 7) is 5.71. The number of unbranched alkanes of at least 4 members (excludes halogenated alkanes) is 1. The molecule has 0 saturated carbocycles. The molecule has 1 aliphatic heterocycles. The molecule has 1 fully saturated rings. The third-order valence-electron chi connectivity index (χ3n) is 4.02. The van der Waals surface area contributed by atoms with Crippen LogP contribution in [0.5, 0.6) is 0 Å². The van der Waals surface area contributed by atoms with E-state index in [4.69, 9.17) is 0 Å². The average molecular weight is 249 g/mol. The van der Waals surface area contributed by atoms with Gasteiger partial charge in [-0.05, 0) is 32.2 Å². The molecule has 2 heterocycles. The number of hydrogen-bond donors (Lipinski definition) is 1. The normalized spacial score (nSPS) is 21.3. The highest BCUT2D eigenvalue weighted by Gasteiger charge is 2.22. The Morgan fingerprint density at radius 3 is 2.94 bits per heavy atom. The summed E-state index contributed by atoms with van der Waals surface area (Å²) in [7, 11) is 0. The largest absolute Gasteiger partial charge is 0.330 e. The van der Waals surface area contributed by atoms with E-state index < -0.39 is 0 Å². The zero-order valence-electron chi connectivity index (χ0n) is 11.9. The molecule has 0 bridgehead atoms.